The smallest absolute Gasteiger partial charge is 0.245 e. The van der Waals surface area contributed by atoms with Gasteiger partial charge in [0, 0.05) is 5.02 Å². The number of sulfone groups is 1. The minimum Gasteiger partial charge on any atom is -0.388 e. The van der Waals surface area contributed by atoms with Crippen LogP contribution in [0.5, 0.6) is 0 Å². The molecule has 1 aliphatic rings. The lowest BCUT2D eigenvalue weighted by Crippen LogP contribution is -2.45. The summed E-state index contributed by atoms with van der Waals surface area (Å²) in [5, 5.41) is 22.2. The van der Waals surface area contributed by atoms with E-state index in [1.165, 1.54) is 11.0 Å². The molecule has 3 aromatic rings. The van der Waals surface area contributed by atoms with Gasteiger partial charge in [0.1, 0.15) is 5.82 Å². The monoisotopic (exact) mass is 508 g/mol. The van der Waals surface area contributed by atoms with Crippen LogP contribution in [0.15, 0.2) is 41.3 Å². The van der Waals surface area contributed by atoms with Crippen LogP contribution in [0.1, 0.15) is 19.4 Å². The molecule has 10 nitrogen and oxygen atoms in total. The molecule has 0 aliphatic carbocycles. The van der Waals surface area contributed by atoms with Crippen LogP contribution in [-0.2, 0) is 27.7 Å². The SMILES string of the molecule is CC(C)(O)Cn1nnc(-c2cc3c(cc2F)S(=O)(=O)C[C@H](N)C(=O)N3Cc2ccc(Cl)cc2)n1. The van der Waals surface area contributed by atoms with Gasteiger partial charge in [-0.05, 0) is 48.9 Å². The van der Waals surface area contributed by atoms with Crippen LogP contribution < -0.4 is 10.6 Å². The number of hydrogen-bond acceptors (Lipinski definition) is 8. The first-order valence-electron chi connectivity index (χ1n) is 10.2. The fraction of sp³-hybridized carbons (Fsp3) is 0.333. The van der Waals surface area contributed by atoms with Gasteiger partial charge in [0.2, 0.25) is 11.7 Å². The summed E-state index contributed by atoms with van der Waals surface area (Å²) in [5.74, 6) is -2.32. The van der Waals surface area contributed by atoms with Crippen molar-refractivity contribution in [1.82, 2.24) is 20.2 Å². The Morgan fingerprint density at radius 3 is 2.59 bits per heavy atom. The first-order valence-corrected chi connectivity index (χ1v) is 12.3. The molecule has 13 heteroatoms. The fourth-order valence-electron chi connectivity index (χ4n) is 3.59. The normalized spacial score (nSPS) is 18.0. The number of nitrogens with zero attached hydrogens (tertiary/aromatic N) is 5. The Kier molecular flexibility index (Phi) is 6.19. The molecular formula is C21H22ClFN6O4S. The standard InChI is InChI=1S/C21H22ClFN6O4S/c1-21(2,31)11-29-26-19(25-27-29)14-7-17-18(8-15(14)23)34(32,33)10-16(24)20(30)28(17)9-12-3-5-13(22)6-4-12/h3-8,16,31H,9-11,24H2,1-2H3/t16-/m0/s1. The number of halogens is 2. The van der Waals surface area contributed by atoms with E-state index in [2.05, 4.69) is 15.4 Å². The average Bonchev–Trinajstić information content (AvgIpc) is 3.16. The number of aromatic nitrogens is 4. The second-order valence-corrected chi connectivity index (χ2v) is 11.1. The second-order valence-electron chi connectivity index (χ2n) is 8.69. The van der Waals surface area contributed by atoms with Gasteiger partial charge in [0.25, 0.3) is 0 Å². The molecule has 3 N–H and O–H groups in total. The third kappa shape index (κ3) is 4.94. The first kappa shape index (κ1) is 24.2. The Morgan fingerprint density at radius 2 is 1.94 bits per heavy atom. The van der Waals surface area contributed by atoms with Gasteiger partial charge >= 0.3 is 0 Å². The molecule has 2 aromatic carbocycles. The average molecular weight is 509 g/mol. The van der Waals surface area contributed by atoms with Gasteiger partial charge in [-0.3, -0.25) is 4.79 Å². The van der Waals surface area contributed by atoms with E-state index < -0.39 is 39.0 Å². The van der Waals surface area contributed by atoms with Gasteiger partial charge in [0.15, 0.2) is 9.84 Å². The highest BCUT2D eigenvalue weighted by Crippen LogP contribution is 2.36. The molecule has 1 aromatic heterocycles. The predicted molar refractivity (Wildman–Crippen MR) is 122 cm³/mol. The fourth-order valence-corrected chi connectivity index (χ4v) is 5.28. The molecule has 1 aliphatic heterocycles. The quantitative estimate of drug-likeness (QED) is 0.528. The van der Waals surface area contributed by atoms with Crippen LogP contribution in [0.25, 0.3) is 11.4 Å². The molecule has 0 bridgehead atoms. The van der Waals surface area contributed by atoms with Crippen molar-refractivity contribution in [3.05, 3.63) is 52.8 Å². The van der Waals surface area contributed by atoms with Crippen molar-refractivity contribution in [2.45, 2.75) is 43.5 Å². The van der Waals surface area contributed by atoms with Crippen molar-refractivity contribution in [3.63, 3.8) is 0 Å². The van der Waals surface area contributed by atoms with Gasteiger partial charge in [-0.15, -0.1) is 10.2 Å². The van der Waals surface area contributed by atoms with E-state index in [0.29, 0.717) is 10.6 Å². The number of rotatable bonds is 5. The number of anilines is 1. The number of nitrogens with two attached hydrogens (primary N) is 1. The summed E-state index contributed by atoms with van der Waals surface area (Å²) >= 11 is 5.94. The van der Waals surface area contributed by atoms with Crippen LogP contribution in [0.2, 0.25) is 5.02 Å². The highest BCUT2D eigenvalue weighted by Gasteiger charge is 2.37. The minimum atomic E-state index is -4.08. The molecule has 2 heterocycles. The number of amides is 1. The molecular weight excluding hydrogens is 487 g/mol. The summed E-state index contributed by atoms with van der Waals surface area (Å²) in [6.07, 6.45) is 0. The third-order valence-electron chi connectivity index (χ3n) is 5.13. The summed E-state index contributed by atoms with van der Waals surface area (Å²) < 4.78 is 41.0. The van der Waals surface area contributed by atoms with Crippen molar-refractivity contribution in [2.24, 2.45) is 5.73 Å². The maximum Gasteiger partial charge on any atom is 0.245 e. The van der Waals surface area contributed by atoms with Crippen LogP contribution >= 0.6 is 11.6 Å². The summed E-state index contributed by atoms with van der Waals surface area (Å²) in [7, 11) is -4.08. The van der Waals surface area contributed by atoms with Gasteiger partial charge in [0.05, 0.1) is 46.6 Å². The van der Waals surface area contributed by atoms with Crippen molar-refractivity contribution >= 4 is 33.0 Å². The van der Waals surface area contributed by atoms with Gasteiger partial charge < -0.3 is 15.7 Å². The number of hydrogen-bond donors (Lipinski definition) is 2. The maximum absolute atomic E-state index is 15.1. The van der Waals surface area contributed by atoms with Crippen LogP contribution in [-0.4, -0.2) is 57.0 Å². The lowest BCUT2D eigenvalue weighted by Gasteiger charge is -2.24. The zero-order valence-electron chi connectivity index (χ0n) is 18.3. The van der Waals surface area contributed by atoms with Crippen molar-refractivity contribution in [3.8, 4) is 11.4 Å². The van der Waals surface area contributed by atoms with Crippen LogP contribution in [0, 0.1) is 5.82 Å². The highest BCUT2D eigenvalue weighted by atomic mass is 35.5. The molecule has 0 radical (unpaired) electrons. The van der Waals surface area contributed by atoms with E-state index in [-0.39, 0.29) is 35.1 Å². The lowest BCUT2D eigenvalue weighted by molar-refractivity contribution is -0.119. The van der Waals surface area contributed by atoms with Crippen LogP contribution in [0.3, 0.4) is 0 Å². The number of benzene rings is 2. The van der Waals surface area contributed by atoms with Crippen LogP contribution in [0.4, 0.5) is 10.1 Å². The van der Waals surface area contributed by atoms with Gasteiger partial charge in [-0.2, -0.15) is 4.80 Å². The van der Waals surface area contributed by atoms with Crippen molar-refractivity contribution in [2.75, 3.05) is 10.7 Å². The summed E-state index contributed by atoms with van der Waals surface area (Å²) in [5.41, 5.74) is 5.23. The first-order chi connectivity index (χ1) is 15.8. The van der Waals surface area contributed by atoms with Gasteiger partial charge in [-0.25, -0.2) is 12.8 Å². The maximum atomic E-state index is 15.1. The number of carbonyl (C=O) groups excluding carboxylic acids is 1. The largest absolute Gasteiger partial charge is 0.388 e. The van der Waals surface area contributed by atoms with E-state index in [1.807, 2.05) is 0 Å². The van der Waals surface area contributed by atoms with E-state index in [9.17, 15) is 18.3 Å². The molecule has 0 fully saturated rings. The molecule has 0 saturated carbocycles. The number of aliphatic hydroxyl groups is 1. The zero-order valence-corrected chi connectivity index (χ0v) is 19.9. The highest BCUT2D eigenvalue weighted by molar-refractivity contribution is 7.91. The molecule has 0 spiro atoms. The Labute approximate surface area is 200 Å². The van der Waals surface area contributed by atoms with Crippen molar-refractivity contribution in [1.29, 1.82) is 0 Å². The Hall–Kier alpha value is -2.93. The van der Waals surface area contributed by atoms with Gasteiger partial charge in [-0.1, -0.05) is 23.7 Å². The second kappa shape index (κ2) is 8.69. The van der Waals surface area contributed by atoms with E-state index in [1.54, 1.807) is 38.1 Å². The van der Waals surface area contributed by atoms with Crippen molar-refractivity contribution < 1.29 is 22.7 Å². The number of tetrazole rings is 1. The lowest BCUT2D eigenvalue weighted by atomic mass is 10.1. The molecule has 180 valence electrons. The zero-order chi connectivity index (χ0) is 24.8. The van der Waals surface area contributed by atoms with E-state index in [0.717, 1.165) is 10.9 Å². The number of carbonyl (C=O) groups is 1. The molecule has 0 saturated heterocycles. The third-order valence-corrected chi connectivity index (χ3v) is 7.18. The van der Waals surface area contributed by atoms with E-state index >= 15 is 4.39 Å². The van der Waals surface area contributed by atoms with E-state index in [4.69, 9.17) is 17.3 Å². The Bertz CT molecular complexity index is 1350. The Balaban J connectivity index is 1.85. The molecule has 1 amide bonds. The summed E-state index contributed by atoms with van der Waals surface area (Å²) in [6, 6.07) is 7.37. The predicted octanol–water partition coefficient (Wildman–Crippen LogP) is 1.55. The topological polar surface area (TPSA) is 144 Å². The molecule has 1 atom stereocenters. The Morgan fingerprint density at radius 1 is 1.26 bits per heavy atom. The number of fused-ring (bicyclic) bond motifs is 1. The minimum absolute atomic E-state index is 0.00301. The summed E-state index contributed by atoms with van der Waals surface area (Å²) in [4.78, 5) is 15.1. The molecule has 4 rings (SSSR count). The summed E-state index contributed by atoms with van der Waals surface area (Å²) in [6.45, 7) is 3.08. The molecule has 34 heavy (non-hydrogen) atoms. The molecule has 0 unspecified atom stereocenters.